The number of fused-ring (bicyclic) bond motifs is 1. The van der Waals surface area contributed by atoms with Gasteiger partial charge in [-0.2, -0.15) is 0 Å². The van der Waals surface area contributed by atoms with E-state index in [-0.39, 0.29) is 0 Å². The molecule has 1 saturated carbocycles. The molecule has 1 unspecified atom stereocenters. The van der Waals surface area contributed by atoms with Crippen molar-refractivity contribution in [1.29, 1.82) is 0 Å². The number of rotatable bonds is 1. The lowest BCUT2D eigenvalue weighted by Crippen LogP contribution is -2.39. The highest BCUT2D eigenvalue weighted by Gasteiger charge is 2.41. The highest BCUT2D eigenvalue weighted by Crippen LogP contribution is 2.52. The van der Waals surface area contributed by atoms with Gasteiger partial charge in [0.1, 0.15) is 0 Å². The van der Waals surface area contributed by atoms with Crippen molar-refractivity contribution < 1.29 is 5.11 Å². The molecule has 0 aromatic heterocycles. The Bertz CT molecular complexity index is 308. The average Bonchev–Trinajstić information content (AvgIpc) is 2.15. The molecule has 2 rings (SSSR count). The first-order valence-corrected chi connectivity index (χ1v) is 6.74. The zero-order valence-electron chi connectivity index (χ0n) is 11.3. The van der Waals surface area contributed by atoms with E-state index in [9.17, 15) is 5.11 Å². The van der Waals surface area contributed by atoms with E-state index in [1.54, 1.807) is 11.1 Å². The lowest BCUT2D eigenvalue weighted by molar-refractivity contribution is -0.00453. The number of hydrogen-bond donors (Lipinski definition) is 1. The van der Waals surface area contributed by atoms with E-state index < -0.39 is 5.60 Å². The number of allylic oxidation sites excluding steroid dienone is 2. The molecule has 2 aliphatic rings. The van der Waals surface area contributed by atoms with Gasteiger partial charge in [0, 0.05) is 0 Å². The lowest BCUT2D eigenvalue weighted by atomic mass is 9.60. The quantitative estimate of drug-likeness (QED) is 0.663. The Hall–Kier alpha value is -0.300. The topological polar surface area (TPSA) is 20.2 Å². The Morgan fingerprint density at radius 3 is 2.62 bits per heavy atom. The van der Waals surface area contributed by atoms with Crippen molar-refractivity contribution in [2.24, 2.45) is 11.3 Å². The smallest absolute Gasteiger partial charge is 0.0622 e. The van der Waals surface area contributed by atoms with Gasteiger partial charge < -0.3 is 5.11 Å². The predicted molar refractivity (Wildman–Crippen MR) is 68.3 cm³/mol. The Balaban J connectivity index is 2.25. The van der Waals surface area contributed by atoms with Crippen LogP contribution in [-0.4, -0.2) is 10.7 Å². The van der Waals surface area contributed by atoms with Crippen molar-refractivity contribution in [3.05, 3.63) is 11.1 Å². The molecule has 92 valence electrons. The monoisotopic (exact) mass is 222 g/mol. The summed E-state index contributed by atoms with van der Waals surface area (Å²) in [6, 6.07) is 0. The van der Waals surface area contributed by atoms with Gasteiger partial charge >= 0.3 is 0 Å². The first-order valence-electron chi connectivity index (χ1n) is 6.74. The van der Waals surface area contributed by atoms with Gasteiger partial charge in [-0.3, -0.25) is 0 Å². The molecule has 1 N–H and O–H groups in total. The fourth-order valence-corrected chi connectivity index (χ4v) is 3.70. The molecule has 1 nitrogen and oxygen atoms in total. The molecule has 0 aliphatic heterocycles. The molecule has 2 atom stereocenters. The zero-order valence-corrected chi connectivity index (χ0v) is 11.3. The van der Waals surface area contributed by atoms with Gasteiger partial charge in [-0.05, 0) is 70.6 Å². The zero-order chi connectivity index (χ0) is 12.0. The standard InChI is InChI=1S/C15H26O/c1-11-6-5-8-15(4)9-7-12(10-13(11)15)14(2,3)16/h12,16H,5-10H2,1-4H3/t12?,15-/m0/s1. The van der Waals surface area contributed by atoms with Gasteiger partial charge in [0.2, 0.25) is 0 Å². The van der Waals surface area contributed by atoms with Crippen molar-refractivity contribution in [2.45, 2.75) is 71.8 Å². The van der Waals surface area contributed by atoms with Crippen molar-refractivity contribution in [2.75, 3.05) is 0 Å². The minimum Gasteiger partial charge on any atom is -0.390 e. The molecular formula is C15H26O. The molecule has 0 radical (unpaired) electrons. The van der Waals surface area contributed by atoms with Gasteiger partial charge in [0.15, 0.2) is 0 Å². The van der Waals surface area contributed by atoms with E-state index in [0.717, 1.165) is 6.42 Å². The number of aliphatic hydroxyl groups is 1. The molecule has 0 spiro atoms. The van der Waals surface area contributed by atoms with Gasteiger partial charge in [0.05, 0.1) is 5.60 Å². The van der Waals surface area contributed by atoms with Gasteiger partial charge in [-0.1, -0.05) is 18.1 Å². The van der Waals surface area contributed by atoms with Crippen molar-refractivity contribution in [1.82, 2.24) is 0 Å². The van der Waals surface area contributed by atoms with Crippen molar-refractivity contribution >= 4 is 0 Å². The largest absolute Gasteiger partial charge is 0.390 e. The summed E-state index contributed by atoms with van der Waals surface area (Å²) in [5, 5.41) is 10.2. The summed E-state index contributed by atoms with van der Waals surface area (Å²) in [6.07, 6.45) is 7.59. The molecular weight excluding hydrogens is 196 g/mol. The Labute approximate surface area is 99.9 Å². The van der Waals surface area contributed by atoms with E-state index in [4.69, 9.17) is 0 Å². The fourth-order valence-electron chi connectivity index (χ4n) is 3.70. The third-order valence-electron chi connectivity index (χ3n) is 5.02. The van der Waals surface area contributed by atoms with E-state index >= 15 is 0 Å². The first-order chi connectivity index (χ1) is 7.33. The fraction of sp³-hybridized carbons (Fsp3) is 0.867. The summed E-state index contributed by atoms with van der Waals surface area (Å²) in [5.74, 6) is 0.462. The van der Waals surface area contributed by atoms with E-state index in [1.807, 2.05) is 13.8 Å². The molecule has 0 saturated heterocycles. The highest BCUT2D eigenvalue weighted by molar-refractivity contribution is 5.26. The maximum absolute atomic E-state index is 10.2. The molecule has 1 heteroatoms. The maximum atomic E-state index is 10.2. The minimum absolute atomic E-state index is 0.462. The normalized spacial score (nSPS) is 36.2. The van der Waals surface area contributed by atoms with Crippen LogP contribution >= 0.6 is 0 Å². The van der Waals surface area contributed by atoms with Crippen LogP contribution in [-0.2, 0) is 0 Å². The molecule has 1 fully saturated rings. The van der Waals surface area contributed by atoms with Crippen LogP contribution in [0.3, 0.4) is 0 Å². The third-order valence-corrected chi connectivity index (χ3v) is 5.02. The van der Waals surface area contributed by atoms with Gasteiger partial charge in [0.25, 0.3) is 0 Å². The van der Waals surface area contributed by atoms with E-state index in [0.29, 0.717) is 11.3 Å². The second-order valence-corrected chi connectivity index (χ2v) is 6.77. The number of hydrogen-bond acceptors (Lipinski definition) is 1. The predicted octanol–water partition coefficient (Wildman–Crippen LogP) is 4.06. The lowest BCUT2D eigenvalue weighted by Gasteiger charge is -2.46. The molecule has 0 bridgehead atoms. The summed E-state index contributed by atoms with van der Waals surface area (Å²) in [6.45, 7) is 8.68. The first kappa shape index (κ1) is 12.2. The molecule has 0 aromatic rings. The van der Waals surface area contributed by atoms with E-state index in [1.165, 1.54) is 32.1 Å². The van der Waals surface area contributed by atoms with E-state index in [2.05, 4.69) is 13.8 Å². The SMILES string of the molecule is CC1=C2CC(C(C)(C)O)CC[C@]2(C)CCC1. The summed E-state index contributed by atoms with van der Waals surface area (Å²) in [7, 11) is 0. The van der Waals surface area contributed by atoms with Crippen LogP contribution < -0.4 is 0 Å². The van der Waals surface area contributed by atoms with Crippen molar-refractivity contribution in [3.8, 4) is 0 Å². The van der Waals surface area contributed by atoms with Crippen LogP contribution in [0.4, 0.5) is 0 Å². The maximum Gasteiger partial charge on any atom is 0.0622 e. The van der Waals surface area contributed by atoms with Gasteiger partial charge in [-0.15, -0.1) is 0 Å². The Morgan fingerprint density at radius 2 is 2.00 bits per heavy atom. The average molecular weight is 222 g/mol. The van der Waals surface area contributed by atoms with Crippen LogP contribution in [0.5, 0.6) is 0 Å². The van der Waals surface area contributed by atoms with Crippen LogP contribution in [0.2, 0.25) is 0 Å². The Kier molecular flexibility index (Phi) is 2.94. The van der Waals surface area contributed by atoms with Crippen LogP contribution in [0.15, 0.2) is 11.1 Å². The Morgan fingerprint density at radius 1 is 1.31 bits per heavy atom. The molecule has 0 aromatic carbocycles. The van der Waals surface area contributed by atoms with Crippen molar-refractivity contribution in [3.63, 3.8) is 0 Å². The summed E-state index contributed by atoms with van der Waals surface area (Å²) >= 11 is 0. The minimum atomic E-state index is -0.508. The van der Waals surface area contributed by atoms with Crippen LogP contribution in [0.25, 0.3) is 0 Å². The third kappa shape index (κ3) is 2.07. The van der Waals surface area contributed by atoms with Crippen LogP contribution in [0.1, 0.15) is 66.2 Å². The van der Waals surface area contributed by atoms with Crippen LogP contribution in [0, 0.1) is 11.3 Å². The summed E-state index contributed by atoms with van der Waals surface area (Å²) < 4.78 is 0. The van der Waals surface area contributed by atoms with Gasteiger partial charge in [-0.25, -0.2) is 0 Å². The highest BCUT2D eigenvalue weighted by atomic mass is 16.3. The molecule has 16 heavy (non-hydrogen) atoms. The molecule has 2 aliphatic carbocycles. The molecule has 0 amide bonds. The summed E-state index contributed by atoms with van der Waals surface area (Å²) in [5.41, 5.74) is 3.25. The second-order valence-electron chi connectivity index (χ2n) is 6.77. The molecule has 0 heterocycles. The second kappa shape index (κ2) is 3.87. The summed E-state index contributed by atoms with van der Waals surface area (Å²) in [4.78, 5) is 0.